The minimum Gasteiger partial charge on any atom is -0.467 e. The molecule has 5 aromatic rings. The summed E-state index contributed by atoms with van der Waals surface area (Å²) < 4.78 is 20.6. The SMILES string of the molecule is COC(=O)C(c1ccc(F)cc1)n1nc2c(-c3ccc(Cl)cc3)c(-c3ccc(Cl)cc3)cnn2c1=O. The van der Waals surface area contributed by atoms with Gasteiger partial charge >= 0.3 is 11.7 Å². The van der Waals surface area contributed by atoms with Gasteiger partial charge in [0.25, 0.3) is 0 Å². The van der Waals surface area contributed by atoms with E-state index in [1.807, 2.05) is 12.1 Å². The molecule has 2 aromatic heterocycles. The summed E-state index contributed by atoms with van der Waals surface area (Å²) in [5, 5.41) is 9.98. The van der Waals surface area contributed by atoms with Crippen LogP contribution in [0.15, 0.2) is 83.8 Å². The first-order valence-corrected chi connectivity index (χ1v) is 11.5. The van der Waals surface area contributed by atoms with E-state index in [1.54, 1.807) is 42.6 Å². The number of ether oxygens (including phenoxy) is 1. The van der Waals surface area contributed by atoms with Crippen molar-refractivity contribution in [2.24, 2.45) is 0 Å². The lowest BCUT2D eigenvalue weighted by molar-refractivity contribution is -0.143. The van der Waals surface area contributed by atoms with Crippen LogP contribution >= 0.6 is 23.2 Å². The first-order valence-electron chi connectivity index (χ1n) is 10.7. The average Bonchev–Trinajstić information content (AvgIpc) is 3.21. The fraction of sp³-hybridized carbons (Fsp3) is 0.0769. The van der Waals surface area contributed by atoms with E-state index in [0.717, 1.165) is 20.3 Å². The first kappa shape index (κ1) is 23.7. The van der Waals surface area contributed by atoms with Crippen LogP contribution in [0, 0.1) is 5.82 Å². The summed E-state index contributed by atoms with van der Waals surface area (Å²) in [7, 11) is 1.20. The highest BCUT2D eigenvalue weighted by atomic mass is 35.5. The van der Waals surface area contributed by atoms with Crippen molar-refractivity contribution in [3.8, 4) is 22.3 Å². The van der Waals surface area contributed by atoms with Gasteiger partial charge in [-0.3, -0.25) is 0 Å². The number of carbonyl (C=O) groups excluding carboxylic acids is 1. The summed E-state index contributed by atoms with van der Waals surface area (Å²) in [6.45, 7) is 0. The van der Waals surface area contributed by atoms with Gasteiger partial charge in [0.2, 0.25) is 0 Å². The van der Waals surface area contributed by atoms with Gasteiger partial charge in [0.1, 0.15) is 5.82 Å². The van der Waals surface area contributed by atoms with Crippen LogP contribution in [0.1, 0.15) is 11.6 Å². The number of hydrogen-bond acceptors (Lipinski definition) is 5. The Balaban J connectivity index is 1.80. The van der Waals surface area contributed by atoms with Gasteiger partial charge in [0.05, 0.1) is 13.3 Å². The third-order valence-electron chi connectivity index (χ3n) is 5.72. The molecule has 10 heteroatoms. The van der Waals surface area contributed by atoms with Crippen LogP contribution in [0.4, 0.5) is 4.39 Å². The summed E-state index contributed by atoms with van der Waals surface area (Å²) in [5.41, 5.74) is 2.69. The molecule has 180 valence electrons. The molecule has 0 aliphatic heterocycles. The van der Waals surface area contributed by atoms with Gasteiger partial charge < -0.3 is 4.74 Å². The van der Waals surface area contributed by atoms with Crippen molar-refractivity contribution in [2.45, 2.75) is 6.04 Å². The second-order valence-corrected chi connectivity index (χ2v) is 8.76. The van der Waals surface area contributed by atoms with Gasteiger partial charge in [0.15, 0.2) is 11.7 Å². The molecule has 0 N–H and O–H groups in total. The quantitative estimate of drug-likeness (QED) is 0.287. The molecule has 0 radical (unpaired) electrons. The summed E-state index contributed by atoms with van der Waals surface area (Å²) in [4.78, 5) is 26.2. The summed E-state index contributed by atoms with van der Waals surface area (Å²) >= 11 is 12.2. The van der Waals surface area contributed by atoms with Crippen LogP contribution in [0.3, 0.4) is 0 Å². The minimum atomic E-state index is -1.25. The van der Waals surface area contributed by atoms with Crippen molar-refractivity contribution in [3.05, 3.63) is 111 Å². The number of aromatic nitrogens is 4. The number of carbonyl (C=O) groups is 1. The number of methoxy groups -OCH3 is 1. The Kier molecular flexibility index (Phi) is 6.30. The summed E-state index contributed by atoms with van der Waals surface area (Å²) in [6.07, 6.45) is 1.55. The Morgan fingerprint density at radius 2 is 1.50 bits per heavy atom. The molecule has 5 rings (SSSR count). The maximum absolute atomic E-state index is 13.5. The van der Waals surface area contributed by atoms with E-state index < -0.39 is 23.5 Å². The third kappa shape index (κ3) is 4.25. The van der Waals surface area contributed by atoms with Gasteiger partial charge in [-0.15, -0.1) is 5.10 Å². The average molecular weight is 523 g/mol. The van der Waals surface area contributed by atoms with Crippen LogP contribution in [0.2, 0.25) is 10.0 Å². The first-order chi connectivity index (χ1) is 17.4. The molecular weight excluding hydrogens is 506 g/mol. The van der Waals surface area contributed by atoms with Crippen LogP contribution in [-0.2, 0) is 9.53 Å². The second kappa shape index (κ2) is 9.56. The van der Waals surface area contributed by atoms with E-state index >= 15 is 0 Å². The van der Waals surface area contributed by atoms with E-state index in [9.17, 15) is 14.0 Å². The predicted octanol–water partition coefficient (Wildman–Crippen LogP) is 5.43. The van der Waals surface area contributed by atoms with E-state index in [4.69, 9.17) is 27.9 Å². The van der Waals surface area contributed by atoms with E-state index in [1.165, 1.54) is 31.4 Å². The number of benzene rings is 3. The molecule has 0 saturated heterocycles. The lowest BCUT2D eigenvalue weighted by Crippen LogP contribution is -2.32. The fourth-order valence-electron chi connectivity index (χ4n) is 3.99. The standard InChI is InChI=1S/C26H17Cl2FN4O3/c1-36-25(34)23(17-6-12-20(29)13-7-17)32-26(35)33-24(31-32)22(16-4-10-19(28)11-5-16)21(14-30-33)15-2-8-18(27)9-3-15/h2-14,23H,1H3. The Bertz CT molecular complexity index is 1630. The second-order valence-electron chi connectivity index (χ2n) is 7.89. The maximum atomic E-state index is 13.5. The predicted molar refractivity (Wildman–Crippen MR) is 135 cm³/mol. The molecule has 0 spiro atoms. The van der Waals surface area contributed by atoms with Gasteiger partial charge in [-0.2, -0.15) is 14.3 Å². The normalized spacial score (nSPS) is 12.0. The molecule has 1 atom stereocenters. The molecule has 1 unspecified atom stereocenters. The number of nitrogens with zero attached hydrogens (tertiary/aromatic N) is 4. The Morgan fingerprint density at radius 3 is 2.08 bits per heavy atom. The monoisotopic (exact) mass is 522 g/mol. The largest absolute Gasteiger partial charge is 0.467 e. The van der Waals surface area contributed by atoms with Crippen molar-refractivity contribution in [2.75, 3.05) is 7.11 Å². The number of fused-ring (bicyclic) bond motifs is 1. The van der Waals surface area contributed by atoms with Gasteiger partial charge in [-0.05, 0) is 53.1 Å². The smallest absolute Gasteiger partial charge is 0.368 e. The molecule has 2 heterocycles. The van der Waals surface area contributed by atoms with Crippen molar-refractivity contribution in [3.63, 3.8) is 0 Å². The Labute approximate surface area is 214 Å². The van der Waals surface area contributed by atoms with E-state index in [0.29, 0.717) is 26.7 Å². The van der Waals surface area contributed by atoms with Crippen molar-refractivity contribution in [1.82, 2.24) is 19.4 Å². The minimum absolute atomic E-state index is 0.214. The highest BCUT2D eigenvalue weighted by Crippen LogP contribution is 2.35. The molecule has 36 heavy (non-hydrogen) atoms. The molecular formula is C26H17Cl2FN4O3. The fourth-order valence-corrected chi connectivity index (χ4v) is 4.24. The molecule has 3 aromatic carbocycles. The number of esters is 1. The maximum Gasteiger partial charge on any atom is 0.368 e. The van der Waals surface area contributed by atoms with Crippen LogP contribution in [0.5, 0.6) is 0 Å². The third-order valence-corrected chi connectivity index (χ3v) is 6.22. The highest BCUT2D eigenvalue weighted by molar-refractivity contribution is 6.31. The highest BCUT2D eigenvalue weighted by Gasteiger charge is 2.29. The van der Waals surface area contributed by atoms with E-state index in [2.05, 4.69) is 10.2 Å². The molecule has 0 aliphatic carbocycles. The molecule has 0 amide bonds. The zero-order chi connectivity index (χ0) is 25.4. The molecule has 0 fully saturated rings. The molecule has 0 aliphatic rings. The zero-order valence-electron chi connectivity index (χ0n) is 18.7. The Hall–Kier alpha value is -4.01. The van der Waals surface area contributed by atoms with Crippen LogP contribution in [-0.4, -0.2) is 32.5 Å². The topological polar surface area (TPSA) is 78.5 Å². The Morgan fingerprint density at radius 1 is 0.917 bits per heavy atom. The van der Waals surface area contributed by atoms with Gasteiger partial charge in [-0.1, -0.05) is 59.6 Å². The van der Waals surface area contributed by atoms with Crippen LogP contribution < -0.4 is 5.69 Å². The number of hydrogen-bond donors (Lipinski definition) is 0. The van der Waals surface area contributed by atoms with Crippen LogP contribution in [0.25, 0.3) is 27.9 Å². The van der Waals surface area contributed by atoms with E-state index in [-0.39, 0.29) is 5.65 Å². The lowest BCUT2D eigenvalue weighted by Gasteiger charge is -2.14. The zero-order valence-corrected chi connectivity index (χ0v) is 20.2. The molecule has 0 saturated carbocycles. The van der Waals surface area contributed by atoms with Gasteiger partial charge in [-0.25, -0.2) is 14.0 Å². The van der Waals surface area contributed by atoms with Crippen molar-refractivity contribution >= 4 is 34.8 Å². The number of rotatable bonds is 5. The van der Waals surface area contributed by atoms with Crippen molar-refractivity contribution < 1.29 is 13.9 Å². The molecule has 7 nitrogen and oxygen atoms in total. The molecule has 0 bridgehead atoms. The lowest BCUT2D eigenvalue weighted by atomic mass is 9.97. The van der Waals surface area contributed by atoms with Crippen molar-refractivity contribution in [1.29, 1.82) is 0 Å². The summed E-state index contributed by atoms with van der Waals surface area (Å²) in [5.74, 6) is -1.22. The summed E-state index contributed by atoms with van der Waals surface area (Å²) in [6, 6.07) is 18.2. The van der Waals surface area contributed by atoms with Gasteiger partial charge in [0, 0.05) is 21.2 Å². The number of halogens is 3.